The molecule has 0 aromatic heterocycles. The quantitative estimate of drug-likeness (QED) is 0.200. The number of carbonyl (C=O) groups is 2. The van der Waals surface area contributed by atoms with E-state index >= 15 is 0 Å². The number of ether oxygens (including phenoxy) is 1. The molecule has 38 heavy (non-hydrogen) atoms. The number of aliphatic hydroxyl groups excluding tert-OH is 1. The van der Waals surface area contributed by atoms with Crippen molar-refractivity contribution in [1.29, 1.82) is 0 Å². The zero-order valence-corrected chi connectivity index (χ0v) is 22.8. The lowest BCUT2D eigenvalue weighted by Crippen LogP contribution is -2.29. The second kappa shape index (κ2) is 11.5. The zero-order valence-electron chi connectivity index (χ0n) is 22.8. The van der Waals surface area contributed by atoms with Gasteiger partial charge in [0.2, 0.25) is 0 Å². The molecule has 198 valence electrons. The van der Waals surface area contributed by atoms with Crippen LogP contribution in [-0.4, -0.2) is 36.5 Å². The van der Waals surface area contributed by atoms with Gasteiger partial charge in [0, 0.05) is 30.0 Å². The summed E-state index contributed by atoms with van der Waals surface area (Å²) in [4.78, 5) is 30.7. The lowest BCUT2D eigenvalue weighted by molar-refractivity contribution is -0.132. The number of benzene rings is 3. The van der Waals surface area contributed by atoms with Crippen LogP contribution in [0, 0.1) is 13.8 Å². The summed E-state index contributed by atoms with van der Waals surface area (Å²) in [5.74, 6) is -0.874. The fraction of sp³-hybridized carbons (Fsp3) is 0.312. The van der Waals surface area contributed by atoms with E-state index in [1.807, 2.05) is 63.2 Å². The van der Waals surface area contributed by atoms with Crippen LogP contribution >= 0.6 is 0 Å². The van der Waals surface area contributed by atoms with E-state index in [1.165, 1.54) is 4.90 Å². The molecule has 0 saturated carbocycles. The third-order valence-electron chi connectivity index (χ3n) is 6.87. The first kappa shape index (κ1) is 27.0. The predicted molar refractivity (Wildman–Crippen MR) is 153 cm³/mol. The molecule has 1 amide bonds. The van der Waals surface area contributed by atoms with E-state index in [2.05, 4.69) is 18.7 Å². The van der Waals surface area contributed by atoms with Gasteiger partial charge in [-0.25, -0.2) is 0 Å². The van der Waals surface area contributed by atoms with Crippen molar-refractivity contribution < 1.29 is 19.4 Å². The summed E-state index contributed by atoms with van der Waals surface area (Å²) in [6.45, 7) is 12.5. The van der Waals surface area contributed by atoms with Gasteiger partial charge in [0.15, 0.2) is 0 Å². The molecule has 0 radical (unpaired) electrons. The lowest BCUT2D eigenvalue weighted by atomic mass is 9.94. The Kier molecular flexibility index (Phi) is 8.20. The van der Waals surface area contributed by atoms with E-state index in [0.717, 1.165) is 41.9 Å². The Morgan fingerprint density at radius 3 is 2.05 bits per heavy atom. The van der Waals surface area contributed by atoms with Crippen LogP contribution in [0.5, 0.6) is 5.75 Å². The topological polar surface area (TPSA) is 70.1 Å². The number of carbonyl (C=O) groups excluding carboxylic acids is 2. The fourth-order valence-corrected chi connectivity index (χ4v) is 5.04. The first-order valence-electron chi connectivity index (χ1n) is 13.3. The van der Waals surface area contributed by atoms with Crippen LogP contribution in [0.1, 0.15) is 55.5 Å². The van der Waals surface area contributed by atoms with Crippen LogP contribution in [0.3, 0.4) is 0 Å². The van der Waals surface area contributed by atoms with E-state index in [-0.39, 0.29) is 11.3 Å². The minimum Gasteiger partial charge on any atom is -0.507 e. The Balaban J connectivity index is 1.86. The van der Waals surface area contributed by atoms with Crippen molar-refractivity contribution in [2.75, 3.05) is 29.5 Å². The highest BCUT2D eigenvalue weighted by molar-refractivity contribution is 6.51. The molecule has 1 atom stereocenters. The summed E-state index contributed by atoms with van der Waals surface area (Å²) < 4.78 is 5.66. The average Bonchev–Trinajstić information content (AvgIpc) is 3.18. The van der Waals surface area contributed by atoms with Crippen LogP contribution in [0.2, 0.25) is 0 Å². The Morgan fingerprint density at radius 2 is 1.50 bits per heavy atom. The van der Waals surface area contributed by atoms with Crippen molar-refractivity contribution in [3.05, 3.63) is 94.6 Å². The van der Waals surface area contributed by atoms with Crippen molar-refractivity contribution in [3.63, 3.8) is 0 Å². The van der Waals surface area contributed by atoms with E-state index in [4.69, 9.17) is 4.74 Å². The van der Waals surface area contributed by atoms with Gasteiger partial charge in [-0.2, -0.15) is 0 Å². The van der Waals surface area contributed by atoms with Crippen LogP contribution in [0.4, 0.5) is 11.4 Å². The Labute approximate surface area is 225 Å². The Bertz CT molecular complexity index is 1320. The largest absolute Gasteiger partial charge is 0.507 e. The molecule has 3 aromatic rings. The molecule has 1 fully saturated rings. The monoisotopic (exact) mass is 512 g/mol. The second-order valence-corrected chi connectivity index (χ2v) is 9.65. The van der Waals surface area contributed by atoms with Crippen LogP contribution in [0.15, 0.2) is 72.3 Å². The van der Waals surface area contributed by atoms with E-state index in [0.29, 0.717) is 23.6 Å². The number of hydrogen-bond acceptors (Lipinski definition) is 5. The Morgan fingerprint density at radius 1 is 0.895 bits per heavy atom. The van der Waals surface area contributed by atoms with Gasteiger partial charge in [0.1, 0.15) is 11.5 Å². The lowest BCUT2D eigenvalue weighted by Gasteiger charge is -2.27. The maximum atomic E-state index is 13.5. The summed E-state index contributed by atoms with van der Waals surface area (Å²) in [6.07, 6.45) is 0.886. The molecule has 1 aliphatic heterocycles. The van der Waals surface area contributed by atoms with Gasteiger partial charge < -0.3 is 14.7 Å². The number of anilines is 2. The molecule has 3 aromatic carbocycles. The van der Waals surface area contributed by atoms with E-state index in [1.54, 1.807) is 24.3 Å². The summed E-state index contributed by atoms with van der Waals surface area (Å²) in [6, 6.07) is 19.9. The summed E-state index contributed by atoms with van der Waals surface area (Å²) >= 11 is 0. The highest BCUT2D eigenvalue weighted by Crippen LogP contribution is 2.43. The molecule has 1 saturated heterocycles. The molecule has 0 bridgehead atoms. The fourth-order valence-electron chi connectivity index (χ4n) is 5.04. The number of Topliss-reactive ketones (excluding diaryl/α,β-unsaturated/α-hetero) is 1. The number of amides is 1. The van der Waals surface area contributed by atoms with Crippen molar-refractivity contribution in [1.82, 2.24) is 0 Å². The predicted octanol–water partition coefficient (Wildman–Crippen LogP) is 6.56. The molecule has 1 heterocycles. The normalized spacial score (nSPS) is 16.7. The maximum absolute atomic E-state index is 13.5. The molecule has 6 nitrogen and oxygen atoms in total. The Hall–Kier alpha value is -4.06. The molecular formula is C32H36N2O4. The van der Waals surface area contributed by atoms with Crippen molar-refractivity contribution in [3.8, 4) is 5.75 Å². The molecule has 0 aliphatic carbocycles. The molecule has 1 aliphatic rings. The van der Waals surface area contributed by atoms with Gasteiger partial charge in [-0.3, -0.25) is 14.5 Å². The van der Waals surface area contributed by atoms with Gasteiger partial charge in [0.25, 0.3) is 11.7 Å². The number of hydrogen-bond donors (Lipinski definition) is 1. The minimum atomic E-state index is -0.766. The number of rotatable bonds is 9. The van der Waals surface area contributed by atoms with Crippen molar-refractivity contribution >= 4 is 28.8 Å². The number of aryl methyl sites for hydroxylation is 2. The summed E-state index contributed by atoms with van der Waals surface area (Å²) in [5, 5.41) is 11.4. The maximum Gasteiger partial charge on any atom is 0.300 e. The zero-order chi connectivity index (χ0) is 27.4. The number of nitrogens with zero attached hydrogens (tertiary/aromatic N) is 2. The number of aliphatic hydroxyl groups is 1. The van der Waals surface area contributed by atoms with E-state index < -0.39 is 17.7 Å². The first-order chi connectivity index (χ1) is 18.3. The van der Waals surface area contributed by atoms with E-state index in [9.17, 15) is 14.7 Å². The first-order valence-corrected chi connectivity index (χ1v) is 13.3. The highest BCUT2D eigenvalue weighted by atomic mass is 16.5. The van der Waals surface area contributed by atoms with Gasteiger partial charge in [-0.05, 0) is 99.3 Å². The average molecular weight is 513 g/mol. The summed E-state index contributed by atoms with van der Waals surface area (Å²) in [7, 11) is 0. The highest BCUT2D eigenvalue weighted by Gasteiger charge is 2.47. The summed E-state index contributed by atoms with van der Waals surface area (Å²) in [5.41, 5.74) is 4.95. The second-order valence-electron chi connectivity index (χ2n) is 9.65. The molecular weight excluding hydrogens is 476 g/mol. The van der Waals surface area contributed by atoms with Gasteiger partial charge in [0.05, 0.1) is 18.2 Å². The minimum absolute atomic E-state index is 0.0759. The van der Waals surface area contributed by atoms with Crippen molar-refractivity contribution in [2.24, 2.45) is 0 Å². The SMILES string of the molecule is CCCOc1ccc(/C(O)=C2\C(=O)C(=O)N(c3cc(C)cc(C)c3)C2c2ccc(N(CC)CC)cc2)cc1. The molecule has 0 spiro atoms. The molecule has 1 N–H and O–H groups in total. The standard InChI is InChI=1S/C32H36N2O4/c1-6-17-38-27-15-11-24(12-16-27)30(35)28-29(23-9-13-25(14-10-23)33(7-2)8-3)34(32(37)31(28)36)26-19-21(4)18-22(5)20-26/h9-16,18-20,29,35H,6-8,17H2,1-5H3/b30-28+. The number of ketones is 1. The molecule has 6 heteroatoms. The van der Waals surface area contributed by atoms with Crippen LogP contribution in [-0.2, 0) is 9.59 Å². The molecule has 1 unspecified atom stereocenters. The molecule has 4 rings (SSSR count). The van der Waals surface area contributed by atoms with Gasteiger partial charge in [-0.1, -0.05) is 25.1 Å². The third-order valence-corrected chi connectivity index (χ3v) is 6.87. The van der Waals surface area contributed by atoms with Crippen LogP contribution in [0.25, 0.3) is 5.76 Å². The van der Waals surface area contributed by atoms with Gasteiger partial charge >= 0.3 is 0 Å². The van der Waals surface area contributed by atoms with Crippen LogP contribution < -0.4 is 14.5 Å². The van der Waals surface area contributed by atoms with Gasteiger partial charge in [-0.15, -0.1) is 0 Å². The smallest absolute Gasteiger partial charge is 0.300 e. The third kappa shape index (κ3) is 5.30. The van der Waals surface area contributed by atoms with Crippen molar-refractivity contribution in [2.45, 2.75) is 47.1 Å².